The number of hydrogen-bond acceptors (Lipinski definition) is 0. The first-order valence-corrected chi connectivity index (χ1v) is 8.32. The van der Waals surface area contributed by atoms with Crippen LogP contribution in [0.3, 0.4) is 0 Å². The van der Waals surface area contributed by atoms with Crippen molar-refractivity contribution in [2.24, 2.45) is 0 Å². The fourth-order valence-electron chi connectivity index (χ4n) is 4.40. The lowest BCUT2D eigenvalue weighted by molar-refractivity contribution is 0.304. The lowest BCUT2D eigenvalue weighted by Crippen LogP contribution is -2.40. The summed E-state index contributed by atoms with van der Waals surface area (Å²) in [5.41, 5.74) is 7.57. The molecule has 0 aliphatic heterocycles. The van der Waals surface area contributed by atoms with E-state index in [-0.39, 0.29) is 16.2 Å². The third-order valence-electron chi connectivity index (χ3n) is 6.41. The molecule has 116 valence electrons. The van der Waals surface area contributed by atoms with Crippen molar-refractivity contribution in [1.82, 2.24) is 0 Å². The van der Waals surface area contributed by atoms with Crippen LogP contribution in [0.5, 0.6) is 0 Å². The van der Waals surface area contributed by atoms with Gasteiger partial charge in [-0.05, 0) is 45.6 Å². The second-order valence-electron chi connectivity index (χ2n) is 8.42. The number of hydrogen-bond donors (Lipinski definition) is 0. The summed E-state index contributed by atoms with van der Waals surface area (Å²) in [6.45, 7) is 16.6. The van der Waals surface area contributed by atoms with Crippen LogP contribution in [0.2, 0.25) is 0 Å². The quantitative estimate of drug-likeness (QED) is 0.568. The van der Waals surface area contributed by atoms with Crippen LogP contribution >= 0.6 is 0 Å². The Kier molecular flexibility index (Phi) is 3.12. The summed E-state index contributed by atoms with van der Waals surface area (Å²) in [6.07, 6.45) is 0. The van der Waals surface area contributed by atoms with Gasteiger partial charge in [0.2, 0.25) is 0 Å². The predicted octanol–water partition coefficient (Wildman–Crippen LogP) is 5.89. The van der Waals surface area contributed by atoms with Gasteiger partial charge in [-0.2, -0.15) is 0 Å². The van der Waals surface area contributed by atoms with Gasteiger partial charge in [0.1, 0.15) is 0 Å². The molecule has 0 saturated heterocycles. The Balaban J connectivity index is 2.53. The third kappa shape index (κ3) is 1.76. The van der Waals surface area contributed by atoms with Gasteiger partial charge in [0.05, 0.1) is 0 Å². The molecule has 0 atom stereocenters. The maximum Gasteiger partial charge on any atom is 0.0155 e. The predicted molar refractivity (Wildman–Crippen MR) is 95.8 cm³/mol. The summed E-state index contributed by atoms with van der Waals surface area (Å²) in [7, 11) is 0. The maximum absolute atomic E-state index is 2.41. The number of benzene rings is 2. The van der Waals surface area contributed by atoms with Crippen LogP contribution in [0.25, 0.3) is 0 Å². The van der Waals surface area contributed by atoms with Crippen molar-refractivity contribution >= 4 is 0 Å². The highest BCUT2D eigenvalue weighted by atomic mass is 14.5. The normalized spacial score (nSPS) is 20.7. The molecule has 0 bridgehead atoms. The van der Waals surface area contributed by atoms with Crippen molar-refractivity contribution in [3.05, 3.63) is 70.3 Å². The first kappa shape index (κ1) is 15.3. The molecule has 0 unspecified atom stereocenters. The van der Waals surface area contributed by atoms with E-state index in [4.69, 9.17) is 0 Å². The molecule has 1 aliphatic rings. The Labute approximate surface area is 135 Å². The monoisotopic (exact) mass is 292 g/mol. The van der Waals surface area contributed by atoms with E-state index in [0.29, 0.717) is 0 Å². The molecule has 0 fully saturated rings. The summed E-state index contributed by atoms with van der Waals surface area (Å²) < 4.78 is 0. The van der Waals surface area contributed by atoms with E-state index in [9.17, 15) is 0 Å². The Morgan fingerprint density at radius 2 is 1.09 bits per heavy atom. The van der Waals surface area contributed by atoms with E-state index in [0.717, 1.165) is 0 Å². The van der Waals surface area contributed by atoms with Crippen molar-refractivity contribution in [3.63, 3.8) is 0 Å². The average molecular weight is 292 g/mol. The van der Waals surface area contributed by atoms with Gasteiger partial charge in [-0.25, -0.2) is 0 Å². The highest BCUT2D eigenvalue weighted by molar-refractivity contribution is 5.57. The summed E-state index contributed by atoms with van der Waals surface area (Å²) >= 11 is 0. The fraction of sp³-hybridized carbons (Fsp3) is 0.455. The van der Waals surface area contributed by atoms with Crippen LogP contribution in [0.15, 0.2) is 42.5 Å². The first-order valence-electron chi connectivity index (χ1n) is 8.32. The van der Waals surface area contributed by atoms with Gasteiger partial charge in [0, 0.05) is 5.41 Å². The summed E-state index contributed by atoms with van der Waals surface area (Å²) in [6, 6.07) is 15.9. The topological polar surface area (TPSA) is 0 Å². The van der Waals surface area contributed by atoms with Crippen molar-refractivity contribution in [1.29, 1.82) is 0 Å². The largest absolute Gasteiger partial charge is 0.0620 e. The fourth-order valence-corrected chi connectivity index (χ4v) is 4.40. The van der Waals surface area contributed by atoms with E-state index >= 15 is 0 Å². The van der Waals surface area contributed by atoms with E-state index in [1.807, 2.05) is 0 Å². The minimum absolute atomic E-state index is 0.0301. The van der Waals surface area contributed by atoms with Crippen LogP contribution in [-0.2, 0) is 16.2 Å². The second-order valence-corrected chi connectivity index (χ2v) is 8.42. The van der Waals surface area contributed by atoms with E-state index in [1.165, 1.54) is 27.8 Å². The van der Waals surface area contributed by atoms with Crippen LogP contribution in [0, 0.1) is 6.92 Å². The van der Waals surface area contributed by atoms with Crippen molar-refractivity contribution in [3.8, 4) is 0 Å². The van der Waals surface area contributed by atoms with Gasteiger partial charge < -0.3 is 0 Å². The third-order valence-corrected chi connectivity index (χ3v) is 6.41. The van der Waals surface area contributed by atoms with Crippen molar-refractivity contribution in [2.75, 3.05) is 0 Å². The molecule has 0 amide bonds. The summed E-state index contributed by atoms with van der Waals surface area (Å²) in [4.78, 5) is 0. The van der Waals surface area contributed by atoms with E-state index in [2.05, 4.69) is 90.9 Å². The molecule has 2 aromatic rings. The lowest BCUT2D eigenvalue weighted by Gasteiger charge is -2.43. The summed E-state index contributed by atoms with van der Waals surface area (Å²) in [5, 5.41) is 0. The molecule has 0 heterocycles. The lowest BCUT2D eigenvalue weighted by atomic mass is 9.61. The minimum atomic E-state index is 0.0301. The van der Waals surface area contributed by atoms with Gasteiger partial charge in [-0.15, -0.1) is 0 Å². The molecule has 0 nitrogen and oxygen atoms in total. The Bertz CT molecular complexity index is 729. The molecule has 3 rings (SSSR count). The van der Waals surface area contributed by atoms with Gasteiger partial charge >= 0.3 is 0 Å². The van der Waals surface area contributed by atoms with Gasteiger partial charge in [-0.1, -0.05) is 84.0 Å². The molecular weight excluding hydrogens is 264 g/mol. The van der Waals surface area contributed by atoms with Crippen LogP contribution in [0.1, 0.15) is 69.4 Å². The van der Waals surface area contributed by atoms with Gasteiger partial charge in [0.15, 0.2) is 0 Å². The molecule has 22 heavy (non-hydrogen) atoms. The molecule has 0 N–H and O–H groups in total. The van der Waals surface area contributed by atoms with E-state index < -0.39 is 0 Å². The average Bonchev–Trinajstić information content (AvgIpc) is 2.49. The van der Waals surface area contributed by atoms with Crippen molar-refractivity contribution < 1.29 is 0 Å². The Morgan fingerprint density at radius 3 is 1.73 bits per heavy atom. The molecule has 0 radical (unpaired) electrons. The van der Waals surface area contributed by atoms with Crippen LogP contribution in [-0.4, -0.2) is 0 Å². The van der Waals surface area contributed by atoms with Crippen LogP contribution < -0.4 is 0 Å². The first-order chi connectivity index (χ1) is 10.1. The molecule has 2 aromatic carbocycles. The van der Waals surface area contributed by atoms with Crippen molar-refractivity contribution in [2.45, 2.75) is 64.7 Å². The Hall–Kier alpha value is -1.56. The SMILES string of the molecule is Cc1cccc2c1C(C)(C)c1ccccc1C(C)(C)C2(C)C. The Morgan fingerprint density at radius 1 is 0.591 bits per heavy atom. The zero-order valence-electron chi connectivity index (χ0n) is 15.0. The number of fused-ring (bicyclic) bond motifs is 2. The highest BCUT2D eigenvalue weighted by Crippen LogP contribution is 2.54. The molecule has 0 spiro atoms. The molecule has 1 aliphatic carbocycles. The number of aryl methyl sites for hydroxylation is 1. The zero-order chi connectivity index (χ0) is 16.3. The number of rotatable bonds is 0. The smallest absolute Gasteiger partial charge is 0.0155 e. The highest BCUT2D eigenvalue weighted by Gasteiger charge is 2.48. The maximum atomic E-state index is 2.41. The van der Waals surface area contributed by atoms with Gasteiger partial charge in [-0.3, -0.25) is 0 Å². The molecule has 0 heteroatoms. The second kappa shape index (κ2) is 4.47. The molecule has 0 saturated carbocycles. The standard InChI is InChI=1S/C22H28/c1-15-11-10-14-18-19(15)20(2,3)16-12-8-9-13-17(16)21(4,5)22(18,6)7/h8-14H,1-7H3. The van der Waals surface area contributed by atoms with E-state index in [1.54, 1.807) is 0 Å². The van der Waals surface area contributed by atoms with Gasteiger partial charge in [0.25, 0.3) is 0 Å². The molecule has 0 aromatic heterocycles. The summed E-state index contributed by atoms with van der Waals surface area (Å²) in [5.74, 6) is 0. The zero-order valence-corrected chi connectivity index (χ0v) is 15.0. The van der Waals surface area contributed by atoms with Crippen LogP contribution in [0.4, 0.5) is 0 Å². The molecular formula is C22H28. The minimum Gasteiger partial charge on any atom is -0.0620 e.